The number of ether oxygens (including phenoxy) is 1. The Kier molecular flexibility index (Phi) is 1.69. The zero-order chi connectivity index (χ0) is 9.42. The van der Waals surface area contributed by atoms with E-state index in [0.717, 1.165) is 22.4 Å². The molecule has 0 spiro atoms. The van der Waals surface area contributed by atoms with Gasteiger partial charge in [0.05, 0.1) is 7.11 Å². The van der Waals surface area contributed by atoms with Crippen LogP contribution in [0.1, 0.15) is 5.56 Å². The van der Waals surface area contributed by atoms with E-state index in [2.05, 4.69) is 0 Å². The number of rotatable bonds is 2. The van der Waals surface area contributed by atoms with Crippen molar-refractivity contribution in [3.63, 3.8) is 0 Å². The highest BCUT2D eigenvalue weighted by molar-refractivity contribution is 5.76. The summed E-state index contributed by atoms with van der Waals surface area (Å²) in [5.41, 5.74) is 2.85. The zero-order valence-electron chi connectivity index (χ0n) is 7.63. The minimum Gasteiger partial charge on any atom is -0.497 e. The second-order valence-corrected chi connectivity index (χ2v) is 3.06. The summed E-state index contributed by atoms with van der Waals surface area (Å²) in [6, 6.07) is 7.56. The molecule has 0 radical (unpaired) electrons. The number of benzene rings is 1. The van der Waals surface area contributed by atoms with Crippen molar-refractivity contribution in [1.29, 1.82) is 0 Å². The normalized spacial score (nSPS) is 10.6. The van der Waals surface area contributed by atoms with E-state index in [9.17, 15) is 4.79 Å². The molecule has 0 amide bonds. The van der Waals surface area contributed by atoms with Gasteiger partial charge in [-0.15, -0.1) is 0 Å². The Morgan fingerprint density at radius 3 is 2.54 bits per heavy atom. The standard InChI is InChI=1S/C11H10O2/c1-7-10(11(7)12)8-4-3-5-9(6-8)13-2/h3-6H,1-2H3. The topological polar surface area (TPSA) is 26.3 Å². The van der Waals surface area contributed by atoms with Gasteiger partial charge in [-0.3, -0.25) is 4.79 Å². The Bertz CT molecular complexity index is 448. The third kappa shape index (κ3) is 1.24. The van der Waals surface area contributed by atoms with Crippen LogP contribution in [0, 0.1) is 6.92 Å². The zero-order valence-corrected chi connectivity index (χ0v) is 7.63. The molecule has 0 unspecified atom stereocenters. The molecule has 0 N–H and O–H groups in total. The van der Waals surface area contributed by atoms with Crippen LogP contribution in [-0.4, -0.2) is 7.11 Å². The van der Waals surface area contributed by atoms with E-state index in [4.69, 9.17) is 4.74 Å². The van der Waals surface area contributed by atoms with Crippen LogP contribution in [0.4, 0.5) is 0 Å². The van der Waals surface area contributed by atoms with Crippen LogP contribution in [-0.2, 0) is 0 Å². The maximum atomic E-state index is 11.1. The maximum Gasteiger partial charge on any atom is 0.190 e. The molecule has 0 aromatic heterocycles. The van der Waals surface area contributed by atoms with Gasteiger partial charge in [0.25, 0.3) is 0 Å². The Balaban J connectivity index is 2.43. The molecule has 66 valence electrons. The average Bonchev–Trinajstić information content (AvgIpc) is 2.75. The lowest BCUT2D eigenvalue weighted by Gasteiger charge is -1.99. The first-order valence-corrected chi connectivity index (χ1v) is 4.14. The molecule has 0 saturated carbocycles. The molecule has 0 atom stereocenters. The highest BCUT2D eigenvalue weighted by Gasteiger charge is 2.18. The van der Waals surface area contributed by atoms with E-state index in [-0.39, 0.29) is 5.43 Å². The van der Waals surface area contributed by atoms with Crippen LogP contribution in [0.15, 0.2) is 29.1 Å². The molecule has 0 aliphatic rings. The lowest BCUT2D eigenvalue weighted by atomic mass is 10.1. The van der Waals surface area contributed by atoms with Gasteiger partial charge in [-0.05, 0) is 24.6 Å². The largest absolute Gasteiger partial charge is 0.497 e. The Morgan fingerprint density at radius 2 is 2.00 bits per heavy atom. The van der Waals surface area contributed by atoms with E-state index >= 15 is 0 Å². The van der Waals surface area contributed by atoms with Crippen LogP contribution >= 0.6 is 0 Å². The van der Waals surface area contributed by atoms with Crippen LogP contribution in [0.3, 0.4) is 0 Å². The lowest BCUT2D eigenvalue weighted by molar-refractivity contribution is 0.415. The maximum absolute atomic E-state index is 11.1. The highest BCUT2D eigenvalue weighted by Crippen LogP contribution is 2.27. The summed E-state index contributed by atoms with van der Waals surface area (Å²) in [4.78, 5) is 11.1. The summed E-state index contributed by atoms with van der Waals surface area (Å²) in [6.45, 7) is 1.84. The summed E-state index contributed by atoms with van der Waals surface area (Å²) in [7, 11) is 1.62. The van der Waals surface area contributed by atoms with Gasteiger partial charge in [-0.2, -0.15) is 0 Å². The summed E-state index contributed by atoms with van der Waals surface area (Å²) in [5.74, 6) is 0.789. The first-order chi connectivity index (χ1) is 6.24. The highest BCUT2D eigenvalue weighted by atomic mass is 16.5. The second kappa shape index (κ2) is 2.73. The second-order valence-electron chi connectivity index (χ2n) is 3.06. The predicted molar refractivity (Wildman–Crippen MR) is 51.8 cm³/mol. The SMILES string of the molecule is COc1cccc(-c2c(C)c2=O)c1. The van der Waals surface area contributed by atoms with Crippen molar-refractivity contribution in [2.45, 2.75) is 6.92 Å². The van der Waals surface area contributed by atoms with E-state index < -0.39 is 0 Å². The first-order valence-electron chi connectivity index (χ1n) is 4.14. The minimum absolute atomic E-state index is 0.174. The summed E-state index contributed by atoms with van der Waals surface area (Å²) < 4.78 is 5.07. The molecular weight excluding hydrogens is 164 g/mol. The molecule has 0 fully saturated rings. The molecule has 0 aliphatic heterocycles. The summed E-state index contributed by atoms with van der Waals surface area (Å²) >= 11 is 0. The number of hydrogen-bond acceptors (Lipinski definition) is 2. The summed E-state index contributed by atoms with van der Waals surface area (Å²) in [6.07, 6.45) is 0. The first kappa shape index (κ1) is 8.05. The molecular formula is C11H10O2. The third-order valence-electron chi connectivity index (χ3n) is 2.24. The van der Waals surface area contributed by atoms with Crippen molar-refractivity contribution in [1.82, 2.24) is 0 Å². The van der Waals surface area contributed by atoms with Gasteiger partial charge < -0.3 is 4.74 Å². The van der Waals surface area contributed by atoms with Gasteiger partial charge in [0.2, 0.25) is 0 Å². The van der Waals surface area contributed by atoms with Gasteiger partial charge >= 0.3 is 0 Å². The molecule has 2 heteroatoms. The number of methoxy groups -OCH3 is 1. The van der Waals surface area contributed by atoms with Crippen molar-refractivity contribution in [3.8, 4) is 16.9 Å². The van der Waals surface area contributed by atoms with Crippen molar-refractivity contribution in [2.24, 2.45) is 0 Å². The van der Waals surface area contributed by atoms with E-state index in [0.29, 0.717) is 0 Å². The minimum atomic E-state index is 0.174. The molecule has 0 bridgehead atoms. The Labute approximate surface area is 76.5 Å². The van der Waals surface area contributed by atoms with Crippen molar-refractivity contribution in [3.05, 3.63) is 40.1 Å². The summed E-state index contributed by atoms with van der Waals surface area (Å²) in [5, 5.41) is 0. The van der Waals surface area contributed by atoms with Crippen LogP contribution in [0.2, 0.25) is 0 Å². The van der Waals surface area contributed by atoms with Gasteiger partial charge in [0.1, 0.15) is 5.75 Å². The fourth-order valence-electron chi connectivity index (χ4n) is 1.38. The van der Waals surface area contributed by atoms with Crippen LogP contribution in [0.25, 0.3) is 11.1 Å². The molecule has 2 aromatic rings. The fourth-order valence-corrected chi connectivity index (χ4v) is 1.38. The average molecular weight is 174 g/mol. The smallest absolute Gasteiger partial charge is 0.190 e. The molecule has 2 nitrogen and oxygen atoms in total. The van der Waals surface area contributed by atoms with Crippen molar-refractivity contribution < 1.29 is 4.74 Å². The fraction of sp³-hybridized carbons (Fsp3) is 0.182. The molecule has 2 aromatic carbocycles. The number of hydrogen-bond donors (Lipinski definition) is 0. The predicted octanol–water partition coefficient (Wildman–Crippen LogP) is 1.91. The van der Waals surface area contributed by atoms with Crippen LogP contribution < -0.4 is 10.2 Å². The molecule has 0 heterocycles. The van der Waals surface area contributed by atoms with Crippen molar-refractivity contribution in [2.75, 3.05) is 7.11 Å². The molecule has 13 heavy (non-hydrogen) atoms. The quantitative estimate of drug-likeness (QED) is 0.695. The lowest BCUT2D eigenvalue weighted by Crippen LogP contribution is -1.83. The van der Waals surface area contributed by atoms with Gasteiger partial charge in [0.15, 0.2) is 5.43 Å². The van der Waals surface area contributed by atoms with Gasteiger partial charge in [0, 0.05) is 11.1 Å². The van der Waals surface area contributed by atoms with E-state index in [1.165, 1.54) is 0 Å². The van der Waals surface area contributed by atoms with Crippen molar-refractivity contribution >= 4 is 0 Å². The monoisotopic (exact) mass is 174 g/mol. The van der Waals surface area contributed by atoms with Gasteiger partial charge in [-0.1, -0.05) is 12.1 Å². The molecule has 0 saturated heterocycles. The van der Waals surface area contributed by atoms with E-state index in [1.54, 1.807) is 7.11 Å². The third-order valence-corrected chi connectivity index (χ3v) is 2.24. The van der Waals surface area contributed by atoms with Gasteiger partial charge in [-0.25, -0.2) is 0 Å². The van der Waals surface area contributed by atoms with Crippen LogP contribution in [0.5, 0.6) is 5.75 Å². The van der Waals surface area contributed by atoms with E-state index in [1.807, 2.05) is 31.2 Å². The molecule has 2 rings (SSSR count). The Morgan fingerprint density at radius 1 is 1.31 bits per heavy atom. The Hall–Kier alpha value is -1.57. The molecule has 0 aliphatic carbocycles.